The first kappa shape index (κ1) is 19.3. The lowest BCUT2D eigenvalue weighted by atomic mass is 10.0. The Morgan fingerprint density at radius 1 is 1.00 bits per heavy atom. The van der Waals surface area contributed by atoms with Crippen molar-refractivity contribution in [3.8, 4) is 0 Å². The SMILES string of the molecule is Cc1ccc(CCn2c3c(c4cc(Cl)ccc42)CN(Cc2ccccc2)CC3)cn1. The molecule has 0 N–H and O–H groups in total. The molecule has 1 aliphatic heterocycles. The highest BCUT2D eigenvalue weighted by atomic mass is 35.5. The average molecular weight is 416 g/mol. The second-order valence-corrected chi connectivity index (χ2v) is 8.68. The predicted octanol–water partition coefficient (Wildman–Crippen LogP) is 5.80. The fraction of sp³-hybridized carbons (Fsp3) is 0.269. The summed E-state index contributed by atoms with van der Waals surface area (Å²) in [6.07, 6.45) is 4.06. The number of fused-ring (bicyclic) bond motifs is 3. The molecule has 0 aliphatic carbocycles. The summed E-state index contributed by atoms with van der Waals surface area (Å²) < 4.78 is 2.51. The molecule has 152 valence electrons. The molecule has 2 aromatic carbocycles. The number of rotatable bonds is 5. The number of hydrogen-bond donors (Lipinski definition) is 0. The van der Waals surface area contributed by atoms with Crippen molar-refractivity contribution in [2.75, 3.05) is 6.54 Å². The van der Waals surface area contributed by atoms with Gasteiger partial charge in [0.2, 0.25) is 0 Å². The predicted molar refractivity (Wildman–Crippen MR) is 124 cm³/mol. The molecule has 0 spiro atoms. The van der Waals surface area contributed by atoms with E-state index >= 15 is 0 Å². The Morgan fingerprint density at radius 2 is 1.87 bits per heavy atom. The number of aryl methyl sites for hydroxylation is 3. The summed E-state index contributed by atoms with van der Waals surface area (Å²) in [4.78, 5) is 7.00. The van der Waals surface area contributed by atoms with Crippen LogP contribution >= 0.6 is 11.6 Å². The third kappa shape index (κ3) is 3.88. The molecule has 4 heteroatoms. The molecule has 0 amide bonds. The topological polar surface area (TPSA) is 21.1 Å². The van der Waals surface area contributed by atoms with E-state index in [0.29, 0.717) is 0 Å². The van der Waals surface area contributed by atoms with Crippen LogP contribution in [0.5, 0.6) is 0 Å². The summed E-state index contributed by atoms with van der Waals surface area (Å²) in [7, 11) is 0. The highest BCUT2D eigenvalue weighted by molar-refractivity contribution is 6.31. The highest BCUT2D eigenvalue weighted by Gasteiger charge is 2.24. The van der Waals surface area contributed by atoms with Gasteiger partial charge in [-0.15, -0.1) is 0 Å². The van der Waals surface area contributed by atoms with Crippen molar-refractivity contribution in [3.63, 3.8) is 0 Å². The largest absolute Gasteiger partial charge is 0.344 e. The molecule has 5 rings (SSSR count). The monoisotopic (exact) mass is 415 g/mol. The first-order valence-electron chi connectivity index (χ1n) is 10.6. The van der Waals surface area contributed by atoms with Crippen LogP contribution in [0.15, 0.2) is 66.9 Å². The lowest BCUT2D eigenvalue weighted by molar-refractivity contribution is 0.243. The summed E-state index contributed by atoms with van der Waals surface area (Å²) in [6, 6.07) is 21.4. The van der Waals surface area contributed by atoms with Gasteiger partial charge in [0.1, 0.15) is 0 Å². The summed E-state index contributed by atoms with van der Waals surface area (Å²) in [5.74, 6) is 0. The van der Waals surface area contributed by atoms with Crippen LogP contribution in [0, 0.1) is 6.92 Å². The molecule has 4 aromatic rings. The van der Waals surface area contributed by atoms with Crippen molar-refractivity contribution in [2.24, 2.45) is 0 Å². The van der Waals surface area contributed by atoms with Crippen molar-refractivity contribution < 1.29 is 0 Å². The van der Waals surface area contributed by atoms with Gasteiger partial charge < -0.3 is 4.57 Å². The molecule has 0 fully saturated rings. The normalized spacial score (nSPS) is 14.2. The fourth-order valence-electron chi connectivity index (χ4n) is 4.60. The molecule has 0 atom stereocenters. The number of aromatic nitrogens is 2. The van der Waals surface area contributed by atoms with Gasteiger partial charge in [0, 0.05) is 66.1 Å². The van der Waals surface area contributed by atoms with Crippen LogP contribution in [0.2, 0.25) is 5.02 Å². The van der Waals surface area contributed by atoms with Crippen LogP contribution in [-0.2, 0) is 32.5 Å². The third-order valence-electron chi connectivity index (χ3n) is 6.14. The second kappa shape index (κ2) is 8.25. The van der Waals surface area contributed by atoms with Crippen molar-refractivity contribution in [1.29, 1.82) is 0 Å². The van der Waals surface area contributed by atoms with Crippen molar-refractivity contribution in [3.05, 3.63) is 100.0 Å². The van der Waals surface area contributed by atoms with Gasteiger partial charge in [-0.25, -0.2) is 0 Å². The molecule has 0 saturated heterocycles. The third-order valence-corrected chi connectivity index (χ3v) is 6.38. The van der Waals surface area contributed by atoms with E-state index in [0.717, 1.165) is 49.7 Å². The second-order valence-electron chi connectivity index (χ2n) is 8.24. The number of hydrogen-bond acceptors (Lipinski definition) is 2. The number of nitrogens with zero attached hydrogens (tertiary/aromatic N) is 3. The Morgan fingerprint density at radius 3 is 2.67 bits per heavy atom. The van der Waals surface area contributed by atoms with Gasteiger partial charge in [0.15, 0.2) is 0 Å². The van der Waals surface area contributed by atoms with Crippen LogP contribution < -0.4 is 0 Å². The Kier molecular flexibility index (Phi) is 5.32. The Balaban J connectivity index is 1.45. The van der Waals surface area contributed by atoms with Crippen LogP contribution in [0.4, 0.5) is 0 Å². The van der Waals surface area contributed by atoms with Gasteiger partial charge in [0.25, 0.3) is 0 Å². The van der Waals surface area contributed by atoms with E-state index in [1.54, 1.807) is 0 Å². The summed E-state index contributed by atoms with van der Waals surface area (Å²) in [5, 5.41) is 2.11. The lowest BCUT2D eigenvalue weighted by Gasteiger charge is -2.28. The van der Waals surface area contributed by atoms with Gasteiger partial charge in [-0.2, -0.15) is 0 Å². The van der Waals surface area contributed by atoms with Gasteiger partial charge in [-0.3, -0.25) is 9.88 Å². The molecule has 1 aliphatic rings. The quantitative estimate of drug-likeness (QED) is 0.410. The summed E-state index contributed by atoms with van der Waals surface area (Å²) in [5.41, 5.74) is 7.93. The number of halogens is 1. The minimum absolute atomic E-state index is 0.811. The van der Waals surface area contributed by atoms with E-state index in [1.165, 1.54) is 33.3 Å². The van der Waals surface area contributed by atoms with E-state index in [-0.39, 0.29) is 0 Å². The molecule has 2 aromatic heterocycles. The maximum atomic E-state index is 6.39. The molecule has 30 heavy (non-hydrogen) atoms. The summed E-state index contributed by atoms with van der Waals surface area (Å²) >= 11 is 6.39. The van der Waals surface area contributed by atoms with Gasteiger partial charge >= 0.3 is 0 Å². The summed E-state index contributed by atoms with van der Waals surface area (Å²) in [6.45, 7) is 6.04. The van der Waals surface area contributed by atoms with E-state index in [1.807, 2.05) is 19.2 Å². The molecule has 0 unspecified atom stereocenters. The highest BCUT2D eigenvalue weighted by Crippen LogP contribution is 2.33. The average Bonchev–Trinajstić information content (AvgIpc) is 3.06. The Hall–Kier alpha value is -2.62. The van der Waals surface area contributed by atoms with Crippen molar-refractivity contribution >= 4 is 22.5 Å². The van der Waals surface area contributed by atoms with Crippen LogP contribution in [0.25, 0.3) is 10.9 Å². The fourth-order valence-corrected chi connectivity index (χ4v) is 4.77. The van der Waals surface area contributed by atoms with Crippen molar-refractivity contribution in [2.45, 2.75) is 39.4 Å². The molecule has 3 heterocycles. The maximum Gasteiger partial charge on any atom is 0.0487 e. The first-order valence-corrected chi connectivity index (χ1v) is 11.0. The molecule has 0 radical (unpaired) electrons. The minimum atomic E-state index is 0.811. The van der Waals surface area contributed by atoms with Crippen LogP contribution in [0.1, 0.15) is 28.1 Å². The molecule has 0 saturated carbocycles. The van der Waals surface area contributed by atoms with E-state index in [9.17, 15) is 0 Å². The number of pyridine rings is 1. The van der Waals surface area contributed by atoms with Gasteiger partial charge in [0.05, 0.1) is 0 Å². The zero-order chi connectivity index (χ0) is 20.5. The van der Waals surface area contributed by atoms with Crippen LogP contribution in [0.3, 0.4) is 0 Å². The smallest absolute Gasteiger partial charge is 0.0487 e. The van der Waals surface area contributed by atoms with E-state index in [4.69, 9.17) is 11.6 Å². The zero-order valence-electron chi connectivity index (χ0n) is 17.3. The molecular formula is C26H26ClN3. The lowest BCUT2D eigenvalue weighted by Crippen LogP contribution is -2.30. The Labute approximate surface area is 182 Å². The van der Waals surface area contributed by atoms with E-state index in [2.05, 4.69) is 69.0 Å². The minimum Gasteiger partial charge on any atom is -0.344 e. The van der Waals surface area contributed by atoms with Gasteiger partial charge in [-0.05, 0) is 54.3 Å². The molecule has 3 nitrogen and oxygen atoms in total. The molecule has 0 bridgehead atoms. The zero-order valence-corrected chi connectivity index (χ0v) is 18.1. The Bertz CT molecular complexity index is 1160. The van der Waals surface area contributed by atoms with Crippen molar-refractivity contribution in [1.82, 2.24) is 14.5 Å². The van der Waals surface area contributed by atoms with Crippen LogP contribution in [-0.4, -0.2) is 21.0 Å². The maximum absolute atomic E-state index is 6.39. The van der Waals surface area contributed by atoms with E-state index < -0.39 is 0 Å². The standard InChI is InChI=1S/C26H26ClN3/c1-19-7-8-20(16-28-19)11-14-30-25-10-9-22(27)15-23(25)24-18-29(13-12-26(24)30)17-21-5-3-2-4-6-21/h2-10,15-16H,11-14,17-18H2,1H3. The first-order chi connectivity index (χ1) is 14.7. The molecular weight excluding hydrogens is 390 g/mol. The van der Waals surface area contributed by atoms with Gasteiger partial charge in [-0.1, -0.05) is 48.0 Å². The number of benzene rings is 2.